The molecule has 1 amide bonds. The molecule has 2 fully saturated rings. The molecule has 0 radical (unpaired) electrons. The third-order valence-corrected chi connectivity index (χ3v) is 5.34. The highest BCUT2D eigenvalue weighted by atomic mass is 16.5. The van der Waals surface area contributed by atoms with Crippen molar-refractivity contribution in [2.75, 3.05) is 18.5 Å². The molecule has 1 N–H and O–H groups in total. The molecule has 1 saturated carbocycles. The van der Waals surface area contributed by atoms with E-state index in [0.717, 1.165) is 50.4 Å². The molecule has 1 aromatic rings. The van der Waals surface area contributed by atoms with E-state index in [4.69, 9.17) is 4.74 Å². The van der Waals surface area contributed by atoms with Gasteiger partial charge in [-0.15, -0.1) is 0 Å². The van der Waals surface area contributed by atoms with E-state index in [0.29, 0.717) is 17.8 Å². The van der Waals surface area contributed by atoms with E-state index in [1.54, 1.807) is 4.68 Å². The van der Waals surface area contributed by atoms with Crippen molar-refractivity contribution < 1.29 is 9.53 Å². The van der Waals surface area contributed by atoms with Crippen molar-refractivity contribution in [1.82, 2.24) is 9.78 Å². The Hall–Kier alpha value is -1.62. The third-order valence-electron chi connectivity index (χ3n) is 5.34. The average Bonchev–Trinajstić information content (AvgIpc) is 3.24. The van der Waals surface area contributed by atoms with Gasteiger partial charge in [0.25, 0.3) is 0 Å². The van der Waals surface area contributed by atoms with Gasteiger partial charge >= 0.3 is 0 Å². The Morgan fingerprint density at radius 1 is 1.41 bits per heavy atom. The maximum Gasteiger partial charge on any atom is 0.229 e. The SMILES string of the molecule is Cn1nc([C@H]2CCCOC2)cc1NC(=O)[C@@H]1C[C@H]2C=C[C@H]1C2. The Labute approximate surface area is 130 Å². The van der Waals surface area contributed by atoms with Crippen molar-refractivity contribution in [2.24, 2.45) is 24.8 Å². The van der Waals surface area contributed by atoms with Gasteiger partial charge in [-0.1, -0.05) is 12.2 Å². The van der Waals surface area contributed by atoms with Gasteiger partial charge in [0.05, 0.1) is 12.3 Å². The van der Waals surface area contributed by atoms with Crippen molar-refractivity contribution in [3.63, 3.8) is 0 Å². The molecule has 0 unspecified atom stereocenters. The molecule has 1 saturated heterocycles. The lowest BCUT2D eigenvalue weighted by Crippen LogP contribution is -2.26. The number of allylic oxidation sites excluding steroid dienone is 2. The van der Waals surface area contributed by atoms with Gasteiger partial charge in [-0.25, -0.2) is 0 Å². The molecule has 1 aromatic heterocycles. The number of anilines is 1. The molecule has 0 spiro atoms. The summed E-state index contributed by atoms with van der Waals surface area (Å²) in [4.78, 5) is 12.5. The van der Waals surface area contributed by atoms with Crippen LogP contribution in [0.25, 0.3) is 0 Å². The van der Waals surface area contributed by atoms with Crippen molar-refractivity contribution in [3.8, 4) is 0 Å². The van der Waals surface area contributed by atoms with E-state index in [2.05, 4.69) is 22.6 Å². The minimum atomic E-state index is 0.131. The van der Waals surface area contributed by atoms with Crippen LogP contribution in [0, 0.1) is 17.8 Å². The molecule has 0 aromatic carbocycles. The topological polar surface area (TPSA) is 56.1 Å². The van der Waals surface area contributed by atoms with Crippen LogP contribution in [0.5, 0.6) is 0 Å². The fourth-order valence-corrected chi connectivity index (χ4v) is 4.08. The highest BCUT2D eigenvalue weighted by molar-refractivity contribution is 5.92. The molecule has 5 heteroatoms. The Balaban J connectivity index is 1.45. The standard InChI is InChI=1S/C17H23N3O2/c1-20-16(9-15(19-20)13-3-2-6-22-10-13)18-17(21)14-8-11-4-5-12(14)7-11/h4-5,9,11-14H,2-3,6-8,10H2,1H3,(H,18,21)/t11-,12-,13-,14+/m0/s1. The van der Waals surface area contributed by atoms with Crippen molar-refractivity contribution in [3.05, 3.63) is 23.9 Å². The maximum atomic E-state index is 12.5. The molecule has 2 heterocycles. The third kappa shape index (κ3) is 2.47. The van der Waals surface area contributed by atoms with Crippen molar-refractivity contribution in [2.45, 2.75) is 31.6 Å². The number of hydrogen-bond donors (Lipinski definition) is 1. The first-order valence-electron chi connectivity index (χ1n) is 8.31. The number of aryl methyl sites for hydroxylation is 1. The monoisotopic (exact) mass is 301 g/mol. The van der Waals surface area contributed by atoms with Gasteiger partial charge < -0.3 is 10.1 Å². The molecule has 22 heavy (non-hydrogen) atoms. The Morgan fingerprint density at radius 2 is 2.32 bits per heavy atom. The first-order valence-corrected chi connectivity index (χ1v) is 8.31. The molecule has 5 nitrogen and oxygen atoms in total. The van der Waals surface area contributed by atoms with E-state index in [9.17, 15) is 4.79 Å². The predicted molar refractivity (Wildman–Crippen MR) is 83.5 cm³/mol. The molecular weight excluding hydrogens is 278 g/mol. The van der Waals surface area contributed by atoms with Crippen LogP contribution in [0.3, 0.4) is 0 Å². The van der Waals surface area contributed by atoms with E-state index < -0.39 is 0 Å². The van der Waals surface area contributed by atoms with Gasteiger partial charge in [-0.05, 0) is 37.5 Å². The van der Waals surface area contributed by atoms with Gasteiger partial charge in [-0.3, -0.25) is 9.48 Å². The summed E-state index contributed by atoms with van der Waals surface area (Å²) in [6, 6.07) is 2.01. The highest BCUT2D eigenvalue weighted by Gasteiger charge is 2.40. The quantitative estimate of drug-likeness (QED) is 0.873. The number of rotatable bonds is 3. The van der Waals surface area contributed by atoms with Gasteiger partial charge in [0.15, 0.2) is 0 Å². The van der Waals surface area contributed by atoms with Crippen molar-refractivity contribution >= 4 is 11.7 Å². The fraction of sp³-hybridized carbons (Fsp3) is 0.647. The van der Waals surface area contributed by atoms with Gasteiger partial charge in [0.1, 0.15) is 5.82 Å². The summed E-state index contributed by atoms with van der Waals surface area (Å²) in [5.74, 6) is 2.48. The smallest absolute Gasteiger partial charge is 0.229 e. The molecule has 3 aliphatic rings. The second-order valence-electron chi connectivity index (χ2n) is 6.87. The lowest BCUT2D eigenvalue weighted by atomic mass is 9.93. The minimum absolute atomic E-state index is 0.131. The van der Waals surface area contributed by atoms with Gasteiger partial charge in [0.2, 0.25) is 5.91 Å². The zero-order valence-corrected chi connectivity index (χ0v) is 13.0. The highest BCUT2D eigenvalue weighted by Crippen LogP contribution is 2.43. The van der Waals surface area contributed by atoms with E-state index in [1.165, 1.54) is 0 Å². The first kappa shape index (κ1) is 14.0. The molecule has 4 rings (SSSR count). The normalized spacial score (nSPS) is 33.3. The lowest BCUT2D eigenvalue weighted by Gasteiger charge is -2.19. The predicted octanol–water partition coefficient (Wildman–Crippen LogP) is 2.46. The van der Waals surface area contributed by atoms with Crippen LogP contribution in [-0.2, 0) is 16.6 Å². The molecule has 2 aliphatic carbocycles. The molecule has 4 atom stereocenters. The number of fused-ring (bicyclic) bond motifs is 2. The Morgan fingerprint density at radius 3 is 3.00 bits per heavy atom. The summed E-state index contributed by atoms with van der Waals surface area (Å²) in [7, 11) is 1.89. The first-order chi connectivity index (χ1) is 10.7. The summed E-state index contributed by atoms with van der Waals surface area (Å²) in [6.45, 7) is 1.59. The number of ether oxygens (including phenoxy) is 1. The van der Waals surface area contributed by atoms with Crippen molar-refractivity contribution in [1.29, 1.82) is 0 Å². The number of aromatic nitrogens is 2. The summed E-state index contributed by atoms with van der Waals surface area (Å²) >= 11 is 0. The fourth-order valence-electron chi connectivity index (χ4n) is 4.08. The molecule has 118 valence electrons. The largest absolute Gasteiger partial charge is 0.381 e. The summed E-state index contributed by atoms with van der Waals surface area (Å²) in [5, 5.41) is 7.65. The van der Waals surface area contributed by atoms with Crippen LogP contribution in [0.2, 0.25) is 0 Å². The van der Waals surface area contributed by atoms with Gasteiger partial charge in [-0.2, -0.15) is 5.10 Å². The van der Waals surface area contributed by atoms with Crippen LogP contribution < -0.4 is 5.32 Å². The van der Waals surface area contributed by atoms with Crippen LogP contribution in [-0.4, -0.2) is 28.9 Å². The lowest BCUT2D eigenvalue weighted by molar-refractivity contribution is -0.120. The van der Waals surface area contributed by atoms with Crippen LogP contribution in [0.1, 0.15) is 37.3 Å². The van der Waals surface area contributed by atoms with E-state index >= 15 is 0 Å². The average molecular weight is 301 g/mol. The van der Waals surface area contributed by atoms with E-state index in [-0.39, 0.29) is 11.8 Å². The van der Waals surface area contributed by atoms with Crippen LogP contribution in [0.15, 0.2) is 18.2 Å². The zero-order valence-electron chi connectivity index (χ0n) is 13.0. The number of hydrogen-bond acceptors (Lipinski definition) is 3. The Bertz CT molecular complexity index is 601. The number of carbonyl (C=O) groups excluding carboxylic acids is 1. The molecule has 1 aliphatic heterocycles. The number of nitrogens with one attached hydrogen (secondary N) is 1. The maximum absolute atomic E-state index is 12.5. The Kier molecular flexibility index (Phi) is 3.53. The number of amides is 1. The minimum Gasteiger partial charge on any atom is -0.381 e. The van der Waals surface area contributed by atoms with E-state index in [1.807, 2.05) is 13.1 Å². The molecular formula is C17H23N3O2. The van der Waals surface area contributed by atoms with Crippen LogP contribution >= 0.6 is 0 Å². The molecule has 2 bridgehead atoms. The number of nitrogens with zero attached hydrogens (tertiary/aromatic N) is 2. The summed E-state index contributed by atoms with van der Waals surface area (Å²) < 4.78 is 7.32. The second kappa shape index (κ2) is 5.54. The second-order valence-corrected chi connectivity index (χ2v) is 6.87. The summed E-state index contributed by atoms with van der Waals surface area (Å²) in [5.41, 5.74) is 1.03. The zero-order chi connectivity index (χ0) is 15.1. The van der Waals surface area contributed by atoms with Crippen LogP contribution in [0.4, 0.5) is 5.82 Å². The van der Waals surface area contributed by atoms with Gasteiger partial charge in [0, 0.05) is 31.6 Å². The summed E-state index contributed by atoms with van der Waals surface area (Å²) in [6.07, 6.45) is 8.82. The number of carbonyl (C=O) groups is 1.